The minimum atomic E-state index is -1.03. The van der Waals surface area contributed by atoms with E-state index < -0.39 is 35.8 Å². The maximum absolute atomic E-state index is 15.0. The molecule has 1 heterocycles. The second kappa shape index (κ2) is 6.53. The maximum atomic E-state index is 15.0. The minimum Gasteiger partial charge on any atom is -0.465 e. The third-order valence-corrected chi connectivity index (χ3v) is 5.40. The van der Waals surface area contributed by atoms with Crippen LogP contribution in [-0.4, -0.2) is 40.0 Å². The lowest BCUT2D eigenvalue weighted by molar-refractivity contribution is 0.00578. The highest BCUT2D eigenvalue weighted by Crippen LogP contribution is 2.36. The third-order valence-electron chi connectivity index (χ3n) is 5.40. The van der Waals surface area contributed by atoms with Gasteiger partial charge in [0.2, 0.25) is 0 Å². The van der Waals surface area contributed by atoms with Crippen LogP contribution < -0.4 is 5.46 Å². The molecule has 0 radical (unpaired) electrons. The average Bonchev–Trinajstić information content (AvgIpc) is 2.67. The van der Waals surface area contributed by atoms with Gasteiger partial charge in [-0.25, -0.2) is 9.18 Å². The third kappa shape index (κ3) is 3.74. The van der Waals surface area contributed by atoms with E-state index >= 15 is 4.39 Å². The first-order chi connectivity index (χ1) is 11.7. The fourth-order valence-electron chi connectivity index (χ4n) is 2.83. The number of carboxylic acid groups (broad SMARTS) is 1. The van der Waals surface area contributed by atoms with Crippen molar-refractivity contribution < 1.29 is 23.6 Å². The molecule has 1 N–H and O–H groups in total. The molecule has 0 aromatic heterocycles. The van der Waals surface area contributed by atoms with E-state index in [1.165, 1.54) is 4.90 Å². The van der Waals surface area contributed by atoms with E-state index in [9.17, 15) is 9.90 Å². The Morgan fingerprint density at radius 2 is 1.69 bits per heavy atom. The van der Waals surface area contributed by atoms with Crippen molar-refractivity contribution in [1.82, 2.24) is 4.90 Å². The number of nitrogens with zero attached hydrogens (tertiary/aromatic N) is 1. The van der Waals surface area contributed by atoms with Crippen LogP contribution in [0.25, 0.3) is 0 Å². The molecule has 144 valence electrons. The first kappa shape index (κ1) is 20.7. The molecule has 2 rings (SSSR count). The first-order valence-electron chi connectivity index (χ1n) is 8.81. The van der Waals surface area contributed by atoms with Crippen LogP contribution >= 0.6 is 0 Å². The van der Waals surface area contributed by atoms with E-state index in [4.69, 9.17) is 9.31 Å². The molecular weight excluding hydrogens is 336 g/mol. The summed E-state index contributed by atoms with van der Waals surface area (Å²) >= 11 is 0. The van der Waals surface area contributed by atoms with Gasteiger partial charge in [0.25, 0.3) is 0 Å². The van der Waals surface area contributed by atoms with Gasteiger partial charge < -0.3 is 14.4 Å². The second-order valence-electron chi connectivity index (χ2n) is 8.88. The van der Waals surface area contributed by atoms with Crippen LogP contribution in [0.4, 0.5) is 9.18 Å². The highest BCUT2D eigenvalue weighted by molar-refractivity contribution is 6.62. The van der Waals surface area contributed by atoms with Crippen LogP contribution in [0.2, 0.25) is 0 Å². The Labute approximate surface area is 155 Å². The van der Waals surface area contributed by atoms with Gasteiger partial charge in [-0.2, -0.15) is 0 Å². The fraction of sp³-hybridized carbons (Fsp3) is 0.632. The van der Waals surface area contributed by atoms with Gasteiger partial charge in [0.1, 0.15) is 5.82 Å². The van der Waals surface area contributed by atoms with Crippen LogP contribution in [-0.2, 0) is 15.9 Å². The number of rotatable bonds is 3. The number of halogens is 1. The summed E-state index contributed by atoms with van der Waals surface area (Å²) in [6.07, 6.45) is -1.03. The molecule has 0 aliphatic carbocycles. The van der Waals surface area contributed by atoms with Crippen molar-refractivity contribution in [2.75, 3.05) is 0 Å². The summed E-state index contributed by atoms with van der Waals surface area (Å²) in [6.45, 7) is 14.9. The fourth-order valence-corrected chi connectivity index (χ4v) is 2.83. The van der Waals surface area contributed by atoms with Gasteiger partial charge in [-0.3, -0.25) is 4.90 Å². The van der Waals surface area contributed by atoms with Gasteiger partial charge in [0.15, 0.2) is 0 Å². The van der Waals surface area contributed by atoms with E-state index in [-0.39, 0.29) is 6.54 Å². The molecule has 1 aromatic carbocycles. The monoisotopic (exact) mass is 365 g/mol. The average molecular weight is 365 g/mol. The van der Waals surface area contributed by atoms with E-state index in [0.717, 1.165) is 0 Å². The van der Waals surface area contributed by atoms with Crippen molar-refractivity contribution in [3.8, 4) is 0 Å². The number of hydrogen-bond acceptors (Lipinski definition) is 3. The predicted molar refractivity (Wildman–Crippen MR) is 100 cm³/mol. The summed E-state index contributed by atoms with van der Waals surface area (Å²) in [4.78, 5) is 12.9. The largest absolute Gasteiger partial charge is 0.497 e. The second-order valence-corrected chi connectivity index (χ2v) is 8.88. The van der Waals surface area contributed by atoms with Gasteiger partial charge >= 0.3 is 13.2 Å². The Balaban J connectivity index is 2.34. The Bertz CT molecular complexity index is 696. The zero-order valence-corrected chi connectivity index (χ0v) is 16.9. The van der Waals surface area contributed by atoms with Gasteiger partial charge in [-0.05, 0) is 66.5 Å². The lowest BCUT2D eigenvalue weighted by Crippen LogP contribution is -2.44. The number of benzene rings is 1. The van der Waals surface area contributed by atoms with Crippen molar-refractivity contribution in [3.05, 3.63) is 29.1 Å². The number of carbonyl (C=O) groups is 1. The maximum Gasteiger partial charge on any atom is 0.497 e. The molecule has 1 aromatic rings. The minimum absolute atomic E-state index is 0.116. The summed E-state index contributed by atoms with van der Waals surface area (Å²) in [5.74, 6) is -0.416. The highest BCUT2D eigenvalue weighted by Gasteiger charge is 2.52. The summed E-state index contributed by atoms with van der Waals surface area (Å²) in [5, 5.41) is 9.47. The molecule has 0 spiro atoms. The molecule has 7 heteroatoms. The van der Waals surface area contributed by atoms with Gasteiger partial charge in [0, 0.05) is 17.5 Å². The zero-order chi connectivity index (χ0) is 20.1. The van der Waals surface area contributed by atoms with E-state index in [2.05, 4.69) is 0 Å². The summed E-state index contributed by atoms with van der Waals surface area (Å²) in [6, 6.07) is 3.38. The molecule has 1 amide bonds. The Morgan fingerprint density at radius 1 is 1.19 bits per heavy atom. The van der Waals surface area contributed by atoms with E-state index in [1.54, 1.807) is 19.1 Å². The Kier molecular flexibility index (Phi) is 5.21. The van der Waals surface area contributed by atoms with Crippen molar-refractivity contribution in [1.29, 1.82) is 0 Å². The molecule has 1 aliphatic heterocycles. The molecular formula is C19H29BFNO4. The van der Waals surface area contributed by atoms with Crippen molar-refractivity contribution >= 4 is 18.7 Å². The number of amides is 1. The molecule has 1 fully saturated rings. The topological polar surface area (TPSA) is 59.0 Å². The molecule has 26 heavy (non-hydrogen) atoms. The SMILES string of the molecule is Cc1c(CN(C(=O)O)C(C)(C)C)ccc(B2OC(C)(C)C(C)(C)O2)c1F. The van der Waals surface area contributed by atoms with Gasteiger partial charge in [-0.1, -0.05) is 12.1 Å². The molecule has 0 bridgehead atoms. The molecule has 1 aliphatic rings. The van der Waals surface area contributed by atoms with Crippen LogP contribution in [0.1, 0.15) is 59.6 Å². The van der Waals surface area contributed by atoms with Crippen molar-refractivity contribution in [2.45, 2.75) is 78.7 Å². The van der Waals surface area contributed by atoms with Crippen molar-refractivity contribution in [2.24, 2.45) is 0 Å². The van der Waals surface area contributed by atoms with Crippen LogP contribution in [0.15, 0.2) is 12.1 Å². The smallest absolute Gasteiger partial charge is 0.465 e. The van der Waals surface area contributed by atoms with Gasteiger partial charge in [0.05, 0.1) is 11.2 Å². The van der Waals surface area contributed by atoms with Crippen molar-refractivity contribution in [3.63, 3.8) is 0 Å². The highest BCUT2D eigenvalue weighted by atomic mass is 19.1. The lowest BCUT2D eigenvalue weighted by atomic mass is 9.77. The Hall–Kier alpha value is -1.60. The quantitative estimate of drug-likeness (QED) is 0.830. The predicted octanol–water partition coefficient (Wildman–Crippen LogP) is 3.71. The normalized spacial score (nSPS) is 18.9. The first-order valence-corrected chi connectivity index (χ1v) is 8.81. The molecule has 5 nitrogen and oxygen atoms in total. The van der Waals surface area contributed by atoms with Crippen LogP contribution in [0.3, 0.4) is 0 Å². The summed E-state index contributed by atoms with van der Waals surface area (Å²) in [5.41, 5.74) is -0.319. The summed E-state index contributed by atoms with van der Waals surface area (Å²) < 4.78 is 26.9. The zero-order valence-electron chi connectivity index (χ0n) is 16.9. The molecule has 0 unspecified atom stereocenters. The summed E-state index contributed by atoms with van der Waals surface area (Å²) in [7, 11) is -0.786. The lowest BCUT2D eigenvalue weighted by Gasteiger charge is -2.33. The van der Waals surface area contributed by atoms with E-state index in [0.29, 0.717) is 16.6 Å². The standard InChI is InChI=1S/C19H29BFNO4/c1-12-13(11-22(16(23)24)17(2,3)4)9-10-14(15(12)21)20-25-18(5,6)19(7,8)26-20/h9-10H,11H2,1-8H3,(H,23,24). The van der Waals surface area contributed by atoms with Crippen LogP contribution in [0.5, 0.6) is 0 Å². The van der Waals surface area contributed by atoms with Crippen LogP contribution in [0, 0.1) is 12.7 Å². The molecule has 1 saturated heterocycles. The number of hydrogen-bond donors (Lipinski definition) is 1. The van der Waals surface area contributed by atoms with E-state index in [1.807, 2.05) is 48.5 Å². The molecule has 0 saturated carbocycles. The van der Waals surface area contributed by atoms with Gasteiger partial charge in [-0.15, -0.1) is 0 Å². The molecule has 0 atom stereocenters. The Morgan fingerprint density at radius 3 is 2.12 bits per heavy atom.